The zero-order chi connectivity index (χ0) is 12.7. The van der Waals surface area contributed by atoms with Crippen molar-refractivity contribution in [2.45, 2.75) is 19.4 Å². The third kappa shape index (κ3) is 3.98. The summed E-state index contributed by atoms with van der Waals surface area (Å²) in [6.45, 7) is 3.81. The minimum Gasteiger partial charge on any atom is -0.382 e. The summed E-state index contributed by atoms with van der Waals surface area (Å²) in [7, 11) is 1.58. The molecule has 1 unspecified atom stereocenters. The first-order chi connectivity index (χ1) is 8.20. The summed E-state index contributed by atoms with van der Waals surface area (Å²) in [5, 5.41) is 2.75. The van der Waals surface area contributed by atoms with Gasteiger partial charge in [-0.2, -0.15) is 0 Å². The van der Waals surface area contributed by atoms with Crippen LogP contribution in [-0.4, -0.2) is 62.8 Å². The molecule has 1 aliphatic heterocycles. The van der Waals surface area contributed by atoms with E-state index >= 15 is 0 Å². The van der Waals surface area contributed by atoms with E-state index in [9.17, 15) is 9.59 Å². The minimum atomic E-state index is -0.359. The lowest BCUT2D eigenvalue weighted by atomic mass is 10.1. The molecule has 0 saturated carbocycles. The highest BCUT2D eigenvalue weighted by Gasteiger charge is 2.31. The first-order valence-corrected chi connectivity index (χ1v) is 5.84. The first-order valence-electron chi connectivity index (χ1n) is 5.84. The number of rotatable bonds is 6. The molecule has 1 rings (SSSR count). The Kier molecular flexibility index (Phi) is 5.93. The molecule has 6 nitrogen and oxygen atoms in total. The average molecular weight is 244 g/mol. The molecule has 0 spiro atoms. The van der Waals surface area contributed by atoms with Crippen LogP contribution in [0.2, 0.25) is 0 Å². The van der Waals surface area contributed by atoms with Crippen LogP contribution >= 0.6 is 0 Å². The van der Waals surface area contributed by atoms with Crippen molar-refractivity contribution in [3.8, 4) is 0 Å². The van der Waals surface area contributed by atoms with Gasteiger partial charge in [0.05, 0.1) is 13.2 Å². The summed E-state index contributed by atoms with van der Waals surface area (Å²) in [4.78, 5) is 25.0. The van der Waals surface area contributed by atoms with E-state index in [2.05, 4.69) is 5.32 Å². The fourth-order valence-corrected chi connectivity index (χ4v) is 1.80. The van der Waals surface area contributed by atoms with Crippen LogP contribution in [0.1, 0.15) is 13.3 Å². The Morgan fingerprint density at radius 1 is 1.53 bits per heavy atom. The highest BCUT2D eigenvalue weighted by atomic mass is 16.5. The molecule has 2 amide bonds. The Morgan fingerprint density at radius 2 is 2.29 bits per heavy atom. The summed E-state index contributed by atoms with van der Waals surface area (Å²) < 4.78 is 9.98. The molecule has 1 saturated heterocycles. The van der Waals surface area contributed by atoms with Crippen molar-refractivity contribution in [1.29, 1.82) is 0 Å². The normalized spacial score (nSPS) is 20.2. The summed E-state index contributed by atoms with van der Waals surface area (Å²) in [5.74, 6) is -0.216. The molecule has 1 N–H and O–H groups in total. The van der Waals surface area contributed by atoms with Gasteiger partial charge < -0.3 is 19.7 Å². The van der Waals surface area contributed by atoms with Gasteiger partial charge >= 0.3 is 0 Å². The van der Waals surface area contributed by atoms with E-state index in [1.807, 2.05) is 6.92 Å². The molecule has 1 fully saturated rings. The highest BCUT2D eigenvalue weighted by molar-refractivity contribution is 5.89. The number of amides is 2. The molecule has 17 heavy (non-hydrogen) atoms. The fraction of sp³-hybridized carbons (Fsp3) is 0.818. The molecular weight excluding hydrogens is 224 g/mol. The number of hydrogen-bond donors (Lipinski definition) is 1. The van der Waals surface area contributed by atoms with Crippen molar-refractivity contribution in [3.05, 3.63) is 0 Å². The smallest absolute Gasteiger partial charge is 0.249 e. The maximum Gasteiger partial charge on any atom is 0.249 e. The summed E-state index contributed by atoms with van der Waals surface area (Å²) in [5.41, 5.74) is 0. The number of nitrogens with zero attached hydrogens (tertiary/aromatic N) is 1. The van der Waals surface area contributed by atoms with E-state index in [1.54, 1.807) is 12.0 Å². The van der Waals surface area contributed by atoms with Gasteiger partial charge in [-0.3, -0.25) is 9.59 Å². The molecule has 0 aromatic carbocycles. The molecule has 1 aliphatic rings. The Morgan fingerprint density at radius 3 is 2.94 bits per heavy atom. The van der Waals surface area contributed by atoms with Crippen molar-refractivity contribution in [3.63, 3.8) is 0 Å². The molecule has 0 aromatic rings. The lowest BCUT2D eigenvalue weighted by Crippen LogP contribution is -2.57. The number of carbonyl (C=O) groups excluding carboxylic acids is 2. The van der Waals surface area contributed by atoms with Gasteiger partial charge in [-0.05, 0) is 6.42 Å². The molecule has 98 valence electrons. The van der Waals surface area contributed by atoms with Crippen LogP contribution in [0.3, 0.4) is 0 Å². The maximum absolute atomic E-state index is 11.9. The van der Waals surface area contributed by atoms with E-state index in [0.29, 0.717) is 32.7 Å². The predicted molar refractivity (Wildman–Crippen MR) is 61.5 cm³/mol. The van der Waals surface area contributed by atoms with Crippen molar-refractivity contribution in [2.24, 2.45) is 0 Å². The van der Waals surface area contributed by atoms with Gasteiger partial charge in [0.25, 0.3) is 0 Å². The summed E-state index contributed by atoms with van der Waals surface area (Å²) >= 11 is 0. The van der Waals surface area contributed by atoms with Crippen molar-refractivity contribution in [1.82, 2.24) is 10.2 Å². The second kappa shape index (κ2) is 7.24. The Hall–Kier alpha value is -1.14. The second-order valence-corrected chi connectivity index (χ2v) is 3.85. The number of carbonyl (C=O) groups is 2. The average Bonchev–Trinajstić information content (AvgIpc) is 2.34. The number of nitrogens with one attached hydrogen (secondary N) is 1. The van der Waals surface area contributed by atoms with Crippen LogP contribution in [0.15, 0.2) is 0 Å². The van der Waals surface area contributed by atoms with Crippen LogP contribution in [0, 0.1) is 0 Å². The van der Waals surface area contributed by atoms with Gasteiger partial charge in [-0.15, -0.1) is 0 Å². The molecule has 0 bridgehead atoms. The van der Waals surface area contributed by atoms with Crippen LogP contribution in [-0.2, 0) is 19.1 Å². The number of methoxy groups -OCH3 is 1. The van der Waals surface area contributed by atoms with Gasteiger partial charge in [0.15, 0.2) is 0 Å². The zero-order valence-corrected chi connectivity index (χ0v) is 10.4. The predicted octanol–water partition coefficient (Wildman–Crippen LogP) is -0.614. The quantitative estimate of drug-likeness (QED) is 0.633. The monoisotopic (exact) mass is 244 g/mol. The lowest BCUT2D eigenvalue weighted by molar-refractivity contribution is -0.146. The SMILES string of the molecule is CCC1C(=O)NCCN1C(=O)COCCOC. The number of piperazine rings is 1. The standard InChI is InChI=1S/C11H20N2O4/c1-3-9-11(15)12-4-5-13(9)10(14)8-17-7-6-16-2/h9H,3-8H2,1-2H3,(H,12,15). The van der Waals surface area contributed by atoms with Gasteiger partial charge in [0.2, 0.25) is 11.8 Å². The summed E-state index contributed by atoms with van der Waals surface area (Å²) in [6.07, 6.45) is 0.621. The molecule has 1 heterocycles. The molecule has 0 aliphatic carbocycles. The van der Waals surface area contributed by atoms with Crippen molar-refractivity contribution >= 4 is 11.8 Å². The Bertz CT molecular complexity index is 270. The molecule has 1 atom stereocenters. The first kappa shape index (κ1) is 13.9. The van der Waals surface area contributed by atoms with Gasteiger partial charge in [0, 0.05) is 20.2 Å². The Balaban J connectivity index is 2.40. The molecule has 6 heteroatoms. The zero-order valence-electron chi connectivity index (χ0n) is 10.4. The third-order valence-electron chi connectivity index (χ3n) is 2.70. The van der Waals surface area contributed by atoms with Crippen LogP contribution in [0.4, 0.5) is 0 Å². The molecule has 0 aromatic heterocycles. The van der Waals surface area contributed by atoms with E-state index in [1.165, 1.54) is 0 Å². The summed E-state index contributed by atoms with van der Waals surface area (Å²) in [6, 6.07) is -0.359. The Labute approximate surface area is 101 Å². The number of hydrogen-bond acceptors (Lipinski definition) is 4. The third-order valence-corrected chi connectivity index (χ3v) is 2.70. The van der Waals surface area contributed by atoms with Crippen molar-refractivity contribution < 1.29 is 19.1 Å². The molecular formula is C11H20N2O4. The van der Waals surface area contributed by atoms with E-state index in [0.717, 1.165) is 0 Å². The van der Waals surface area contributed by atoms with E-state index in [-0.39, 0.29) is 24.5 Å². The minimum absolute atomic E-state index is 0.00708. The lowest BCUT2D eigenvalue weighted by Gasteiger charge is -2.34. The molecule has 0 radical (unpaired) electrons. The van der Waals surface area contributed by atoms with Crippen molar-refractivity contribution in [2.75, 3.05) is 40.0 Å². The van der Waals surface area contributed by atoms with E-state index < -0.39 is 0 Å². The van der Waals surface area contributed by atoms with Gasteiger partial charge in [-0.1, -0.05) is 6.92 Å². The second-order valence-electron chi connectivity index (χ2n) is 3.85. The van der Waals surface area contributed by atoms with Crippen LogP contribution in [0.25, 0.3) is 0 Å². The maximum atomic E-state index is 11.9. The van der Waals surface area contributed by atoms with Crippen LogP contribution < -0.4 is 5.32 Å². The van der Waals surface area contributed by atoms with Crippen LogP contribution in [0.5, 0.6) is 0 Å². The topological polar surface area (TPSA) is 67.9 Å². The fourth-order valence-electron chi connectivity index (χ4n) is 1.80. The van der Waals surface area contributed by atoms with E-state index in [4.69, 9.17) is 9.47 Å². The van der Waals surface area contributed by atoms with Gasteiger partial charge in [-0.25, -0.2) is 0 Å². The number of ether oxygens (including phenoxy) is 2. The largest absolute Gasteiger partial charge is 0.382 e. The van der Waals surface area contributed by atoms with Gasteiger partial charge in [0.1, 0.15) is 12.6 Å². The highest BCUT2D eigenvalue weighted by Crippen LogP contribution is 2.08.